The Morgan fingerprint density at radius 2 is 1.84 bits per heavy atom. The van der Waals surface area contributed by atoms with E-state index in [1.807, 2.05) is 18.7 Å². The second kappa shape index (κ2) is 6.89. The van der Waals surface area contributed by atoms with E-state index in [-0.39, 0.29) is 23.7 Å². The number of piperidine rings is 1. The Morgan fingerprint density at radius 3 is 2.26 bits per heavy atom. The van der Waals surface area contributed by atoms with Crippen LogP contribution in [0.15, 0.2) is 0 Å². The molecule has 0 aromatic heterocycles. The molecule has 2 atom stereocenters. The highest BCUT2D eigenvalue weighted by molar-refractivity contribution is 5.83. The minimum absolute atomic E-state index is 0.0325. The van der Waals surface area contributed by atoms with E-state index < -0.39 is 6.04 Å². The maximum absolute atomic E-state index is 12.2. The summed E-state index contributed by atoms with van der Waals surface area (Å²) in [7, 11) is 3.55. The third kappa shape index (κ3) is 3.93. The molecule has 0 aliphatic carbocycles. The Kier molecular flexibility index (Phi) is 5.79. The van der Waals surface area contributed by atoms with Crippen LogP contribution in [-0.2, 0) is 9.59 Å². The van der Waals surface area contributed by atoms with Crippen molar-refractivity contribution in [2.75, 3.05) is 27.2 Å². The Labute approximate surface area is 116 Å². The predicted molar refractivity (Wildman–Crippen MR) is 75.4 cm³/mol. The fourth-order valence-corrected chi connectivity index (χ4v) is 2.42. The summed E-state index contributed by atoms with van der Waals surface area (Å²) in [5.74, 6) is 0.455. The summed E-state index contributed by atoms with van der Waals surface area (Å²) >= 11 is 0. The van der Waals surface area contributed by atoms with Gasteiger partial charge in [0.25, 0.3) is 0 Å². The van der Waals surface area contributed by atoms with Gasteiger partial charge in [-0.2, -0.15) is 0 Å². The molecule has 1 fully saturated rings. The number of hydrogen-bond donors (Lipinski definition) is 1. The van der Waals surface area contributed by atoms with Crippen LogP contribution in [0.4, 0.5) is 0 Å². The molecule has 1 rings (SSSR count). The molecule has 0 saturated carbocycles. The van der Waals surface area contributed by atoms with E-state index in [4.69, 9.17) is 5.73 Å². The van der Waals surface area contributed by atoms with Crippen LogP contribution in [0.1, 0.15) is 33.1 Å². The van der Waals surface area contributed by atoms with Crippen LogP contribution in [0.5, 0.6) is 0 Å². The molecule has 1 aliphatic rings. The van der Waals surface area contributed by atoms with Crippen molar-refractivity contribution in [2.24, 2.45) is 17.6 Å². The van der Waals surface area contributed by atoms with Crippen molar-refractivity contribution in [1.29, 1.82) is 0 Å². The number of rotatable bonds is 4. The first-order valence-corrected chi connectivity index (χ1v) is 7.14. The zero-order valence-corrected chi connectivity index (χ0v) is 12.6. The second-order valence-electron chi connectivity index (χ2n) is 5.74. The van der Waals surface area contributed by atoms with Crippen molar-refractivity contribution < 1.29 is 9.59 Å². The summed E-state index contributed by atoms with van der Waals surface area (Å²) < 4.78 is 0. The van der Waals surface area contributed by atoms with Gasteiger partial charge in [0.05, 0.1) is 6.04 Å². The third-order valence-electron chi connectivity index (χ3n) is 4.14. The number of nitrogens with zero attached hydrogens (tertiary/aromatic N) is 2. The van der Waals surface area contributed by atoms with Gasteiger partial charge in [-0.1, -0.05) is 20.3 Å². The Hall–Kier alpha value is -1.10. The molecule has 2 N–H and O–H groups in total. The van der Waals surface area contributed by atoms with E-state index in [0.717, 1.165) is 19.3 Å². The van der Waals surface area contributed by atoms with Gasteiger partial charge in [0.15, 0.2) is 0 Å². The average Bonchev–Trinajstić information content (AvgIpc) is 2.44. The lowest BCUT2D eigenvalue weighted by Crippen LogP contribution is -2.50. The first kappa shape index (κ1) is 16.0. The summed E-state index contributed by atoms with van der Waals surface area (Å²) in [6.07, 6.45) is 2.40. The number of nitrogens with two attached hydrogens (primary N) is 1. The van der Waals surface area contributed by atoms with E-state index in [9.17, 15) is 9.59 Å². The lowest BCUT2D eigenvalue weighted by atomic mass is 9.93. The van der Waals surface area contributed by atoms with Crippen molar-refractivity contribution in [3.8, 4) is 0 Å². The van der Waals surface area contributed by atoms with Gasteiger partial charge in [0.1, 0.15) is 0 Å². The third-order valence-corrected chi connectivity index (χ3v) is 4.14. The summed E-state index contributed by atoms with van der Waals surface area (Å²) in [5, 5.41) is 0. The fraction of sp³-hybridized carbons (Fsp3) is 0.857. The first-order valence-electron chi connectivity index (χ1n) is 7.14. The zero-order valence-electron chi connectivity index (χ0n) is 12.6. The molecule has 0 radical (unpaired) electrons. The van der Waals surface area contributed by atoms with E-state index in [1.165, 1.54) is 0 Å². The molecule has 0 aromatic rings. The van der Waals surface area contributed by atoms with Gasteiger partial charge in [0.2, 0.25) is 11.8 Å². The average molecular weight is 269 g/mol. The van der Waals surface area contributed by atoms with E-state index >= 15 is 0 Å². The van der Waals surface area contributed by atoms with Gasteiger partial charge < -0.3 is 15.5 Å². The Balaban J connectivity index is 2.50. The van der Waals surface area contributed by atoms with Crippen LogP contribution in [0, 0.1) is 11.8 Å². The summed E-state index contributed by atoms with van der Waals surface area (Å²) in [4.78, 5) is 27.5. The Bertz CT molecular complexity index is 323. The van der Waals surface area contributed by atoms with E-state index in [1.54, 1.807) is 19.0 Å². The van der Waals surface area contributed by atoms with E-state index in [2.05, 4.69) is 0 Å². The number of carbonyl (C=O) groups is 2. The number of amides is 2. The molecule has 2 unspecified atom stereocenters. The number of likely N-dealkylation sites (tertiary alicyclic amines) is 1. The van der Waals surface area contributed by atoms with Crippen molar-refractivity contribution in [2.45, 2.75) is 39.2 Å². The molecule has 5 nitrogen and oxygen atoms in total. The van der Waals surface area contributed by atoms with Crippen LogP contribution in [-0.4, -0.2) is 54.8 Å². The molecule has 0 spiro atoms. The summed E-state index contributed by atoms with van der Waals surface area (Å²) in [6, 6.07) is -0.411. The van der Waals surface area contributed by atoms with Crippen molar-refractivity contribution in [1.82, 2.24) is 9.80 Å². The molecule has 1 saturated heterocycles. The largest absolute Gasteiger partial charge is 0.349 e. The summed E-state index contributed by atoms with van der Waals surface area (Å²) in [6.45, 7) is 5.34. The van der Waals surface area contributed by atoms with Crippen LogP contribution >= 0.6 is 0 Å². The molecule has 19 heavy (non-hydrogen) atoms. The second-order valence-corrected chi connectivity index (χ2v) is 5.74. The van der Waals surface area contributed by atoms with Crippen LogP contribution in [0.3, 0.4) is 0 Å². The standard InChI is InChI=1S/C14H27N3O2/c1-5-10(2)12(15)14(19)17-8-6-11(7-9-17)13(18)16(3)4/h10-12H,5-9,15H2,1-4H3. The van der Waals surface area contributed by atoms with Crippen molar-refractivity contribution in [3.63, 3.8) is 0 Å². The summed E-state index contributed by atoms with van der Waals surface area (Å²) in [5.41, 5.74) is 5.98. The molecule has 1 heterocycles. The molecule has 2 amide bonds. The van der Waals surface area contributed by atoms with Gasteiger partial charge in [-0.25, -0.2) is 0 Å². The molecule has 110 valence electrons. The van der Waals surface area contributed by atoms with Gasteiger partial charge in [-0.05, 0) is 18.8 Å². The molecule has 0 aromatic carbocycles. The van der Waals surface area contributed by atoms with Crippen molar-refractivity contribution >= 4 is 11.8 Å². The number of carbonyl (C=O) groups excluding carboxylic acids is 2. The lowest BCUT2D eigenvalue weighted by molar-refractivity contribution is -0.140. The topological polar surface area (TPSA) is 66.6 Å². The monoisotopic (exact) mass is 269 g/mol. The molecular formula is C14H27N3O2. The van der Waals surface area contributed by atoms with Crippen LogP contribution in [0.25, 0.3) is 0 Å². The zero-order chi connectivity index (χ0) is 14.6. The minimum Gasteiger partial charge on any atom is -0.349 e. The highest BCUT2D eigenvalue weighted by Gasteiger charge is 2.31. The SMILES string of the molecule is CCC(C)C(N)C(=O)N1CCC(C(=O)N(C)C)CC1. The van der Waals surface area contributed by atoms with Crippen molar-refractivity contribution in [3.05, 3.63) is 0 Å². The molecular weight excluding hydrogens is 242 g/mol. The Morgan fingerprint density at radius 1 is 1.32 bits per heavy atom. The van der Waals surface area contributed by atoms with E-state index in [0.29, 0.717) is 13.1 Å². The molecule has 5 heteroatoms. The van der Waals surface area contributed by atoms with Gasteiger partial charge in [0, 0.05) is 33.1 Å². The van der Waals surface area contributed by atoms with Crippen LogP contribution in [0.2, 0.25) is 0 Å². The smallest absolute Gasteiger partial charge is 0.239 e. The predicted octanol–water partition coefficient (Wildman–Crippen LogP) is 0.687. The van der Waals surface area contributed by atoms with Gasteiger partial charge in [-0.15, -0.1) is 0 Å². The minimum atomic E-state index is -0.411. The molecule has 1 aliphatic heterocycles. The quantitative estimate of drug-likeness (QED) is 0.816. The normalized spacial score (nSPS) is 19.9. The van der Waals surface area contributed by atoms with Gasteiger partial charge >= 0.3 is 0 Å². The first-order chi connectivity index (χ1) is 8.88. The number of hydrogen-bond acceptors (Lipinski definition) is 3. The maximum Gasteiger partial charge on any atom is 0.239 e. The highest BCUT2D eigenvalue weighted by Crippen LogP contribution is 2.20. The lowest BCUT2D eigenvalue weighted by Gasteiger charge is -2.34. The highest BCUT2D eigenvalue weighted by atomic mass is 16.2. The van der Waals surface area contributed by atoms with Gasteiger partial charge in [-0.3, -0.25) is 9.59 Å². The van der Waals surface area contributed by atoms with Crippen LogP contribution < -0.4 is 5.73 Å². The maximum atomic E-state index is 12.2. The fourth-order valence-electron chi connectivity index (χ4n) is 2.42. The molecule has 0 bridgehead atoms.